The van der Waals surface area contributed by atoms with E-state index < -0.39 is 10.0 Å². The Bertz CT molecular complexity index is 675. The van der Waals surface area contributed by atoms with Crippen molar-refractivity contribution in [2.24, 2.45) is 5.14 Å². The van der Waals surface area contributed by atoms with E-state index in [2.05, 4.69) is 5.32 Å². The molecule has 0 bridgehead atoms. The van der Waals surface area contributed by atoms with Crippen LogP contribution in [-0.4, -0.2) is 52.0 Å². The molecule has 0 aromatic heterocycles. The SMILES string of the molecule is CCNCC1CCCN1C(=O)c1cc(S(N)(=O)=O)ccc1OC. The third-order valence-corrected chi connectivity index (χ3v) is 4.91. The van der Waals surface area contributed by atoms with Crippen LogP contribution in [0.1, 0.15) is 30.1 Å². The number of amides is 1. The molecule has 7 nitrogen and oxygen atoms in total. The van der Waals surface area contributed by atoms with Crippen LogP contribution in [0.3, 0.4) is 0 Å². The van der Waals surface area contributed by atoms with Crippen molar-refractivity contribution in [2.75, 3.05) is 26.7 Å². The molecule has 1 aromatic rings. The van der Waals surface area contributed by atoms with Gasteiger partial charge in [0.15, 0.2) is 0 Å². The summed E-state index contributed by atoms with van der Waals surface area (Å²) in [5.74, 6) is 0.115. The first kappa shape index (κ1) is 17.7. The van der Waals surface area contributed by atoms with Crippen molar-refractivity contribution in [3.05, 3.63) is 23.8 Å². The van der Waals surface area contributed by atoms with E-state index >= 15 is 0 Å². The number of benzene rings is 1. The summed E-state index contributed by atoms with van der Waals surface area (Å²) in [4.78, 5) is 14.5. The summed E-state index contributed by atoms with van der Waals surface area (Å²) in [6.45, 7) is 4.22. The molecule has 1 fully saturated rings. The maximum absolute atomic E-state index is 12.9. The molecule has 128 valence electrons. The number of carbonyl (C=O) groups excluding carboxylic acids is 1. The average molecular weight is 341 g/mol. The maximum Gasteiger partial charge on any atom is 0.257 e. The van der Waals surface area contributed by atoms with Gasteiger partial charge in [-0.1, -0.05) is 6.92 Å². The van der Waals surface area contributed by atoms with Crippen LogP contribution in [0.15, 0.2) is 23.1 Å². The Morgan fingerprint density at radius 2 is 2.22 bits per heavy atom. The fraction of sp³-hybridized carbons (Fsp3) is 0.533. The van der Waals surface area contributed by atoms with Crippen molar-refractivity contribution in [3.63, 3.8) is 0 Å². The fourth-order valence-electron chi connectivity index (χ4n) is 2.81. The molecule has 0 saturated carbocycles. The Balaban J connectivity index is 2.33. The highest BCUT2D eigenvalue weighted by Gasteiger charge is 2.31. The molecule has 1 atom stereocenters. The van der Waals surface area contributed by atoms with Crippen LogP contribution in [-0.2, 0) is 10.0 Å². The number of hydrogen-bond donors (Lipinski definition) is 2. The van der Waals surface area contributed by atoms with Crippen molar-refractivity contribution >= 4 is 15.9 Å². The molecule has 3 N–H and O–H groups in total. The third-order valence-electron chi connectivity index (χ3n) is 4.00. The zero-order valence-corrected chi connectivity index (χ0v) is 14.2. The zero-order valence-electron chi connectivity index (χ0n) is 13.4. The van der Waals surface area contributed by atoms with E-state index in [4.69, 9.17) is 9.88 Å². The minimum absolute atomic E-state index is 0.0934. The number of hydrogen-bond acceptors (Lipinski definition) is 5. The van der Waals surface area contributed by atoms with Gasteiger partial charge in [0, 0.05) is 19.1 Å². The summed E-state index contributed by atoms with van der Waals surface area (Å²) < 4.78 is 28.3. The molecule has 23 heavy (non-hydrogen) atoms. The van der Waals surface area contributed by atoms with Crippen molar-refractivity contribution in [1.82, 2.24) is 10.2 Å². The van der Waals surface area contributed by atoms with Crippen molar-refractivity contribution in [2.45, 2.75) is 30.7 Å². The number of methoxy groups -OCH3 is 1. The standard InChI is InChI=1S/C15H23N3O4S/c1-3-17-10-11-5-4-8-18(11)15(19)13-9-12(23(16,20)21)6-7-14(13)22-2/h6-7,9,11,17H,3-5,8,10H2,1-2H3,(H2,16,20,21). The van der Waals surface area contributed by atoms with Gasteiger partial charge in [0.25, 0.3) is 5.91 Å². The highest BCUT2D eigenvalue weighted by atomic mass is 32.2. The predicted octanol–water partition coefficient (Wildman–Crippen LogP) is 0.557. The molecule has 0 aliphatic carbocycles. The molecule has 2 rings (SSSR count). The van der Waals surface area contributed by atoms with Gasteiger partial charge in [0.2, 0.25) is 10.0 Å². The van der Waals surface area contributed by atoms with Crippen LogP contribution in [0.2, 0.25) is 0 Å². The van der Waals surface area contributed by atoms with E-state index in [1.54, 1.807) is 4.90 Å². The first-order chi connectivity index (χ1) is 10.9. The molecular weight excluding hydrogens is 318 g/mol. The average Bonchev–Trinajstić information content (AvgIpc) is 2.99. The van der Waals surface area contributed by atoms with E-state index in [1.165, 1.54) is 25.3 Å². The monoisotopic (exact) mass is 341 g/mol. The molecule has 1 heterocycles. The number of nitrogens with two attached hydrogens (primary N) is 1. The predicted molar refractivity (Wildman–Crippen MR) is 87.0 cm³/mol. The smallest absolute Gasteiger partial charge is 0.257 e. The van der Waals surface area contributed by atoms with E-state index in [0.717, 1.165) is 25.9 Å². The van der Waals surface area contributed by atoms with Crippen LogP contribution in [0.5, 0.6) is 5.75 Å². The van der Waals surface area contributed by atoms with Crippen LogP contribution in [0.25, 0.3) is 0 Å². The molecule has 8 heteroatoms. The first-order valence-electron chi connectivity index (χ1n) is 7.61. The zero-order chi connectivity index (χ0) is 17.0. The quantitative estimate of drug-likeness (QED) is 0.787. The highest BCUT2D eigenvalue weighted by Crippen LogP contribution is 2.27. The number of rotatable bonds is 6. The number of carbonyl (C=O) groups is 1. The Kier molecular flexibility index (Phi) is 5.61. The van der Waals surface area contributed by atoms with Crippen molar-refractivity contribution in [3.8, 4) is 5.75 Å². The lowest BCUT2D eigenvalue weighted by atomic mass is 10.1. The number of likely N-dealkylation sites (tertiary alicyclic amines) is 1. The number of sulfonamides is 1. The number of ether oxygens (including phenoxy) is 1. The number of nitrogens with one attached hydrogen (secondary N) is 1. The van der Waals surface area contributed by atoms with Gasteiger partial charge in [-0.15, -0.1) is 0 Å². The van der Waals surface area contributed by atoms with Gasteiger partial charge in [-0.25, -0.2) is 13.6 Å². The van der Waals surface area contributed by atoms with Crippen LogP contribution in [0, 0.1) is 0 Å². The molecule has 0 spiro atoms. The van der Waals surface area contributed by atoms with E-state index in [1.807, 2.05) is 6.92 Å². The molecule has 0 radical (unpaired) electrons. The Morgan fingerprint density at radius 3 is 2.83 bits per heavy atom. The summed E-state index contributed by atoms with van der Waals surface area (Å²) in [5, 5.41) is 8.41. The van der Waals surface area contributed by atoms with Gasteiger partial charge >= 0.3 is 0 Å². The molecule has 1 saturated heterocycles. The van der Waals surface area contributed by atoms with E-state index in [-0.39, 0.29) is 22.4 Å². The molecule has 1 amide bonds. The second-order valence-corrected chi connectivity index (χ2v) is 7.07. The summed E-state index contributed by atoms with van der Waals surface area (Å²) >= 11 is 0. The van der Waals surface area contributed by atoms with Crippen LogP contribution in [0.4, 0.5) is 0 Å². The largest absolute Gasteiger partial charge is 0.496 e. The summed E-state index contributed by atoms with van der Waals surface area (Å²) in [6, 6.07) is 4.19. The lowest BCUT2D eigenvalue weighted by molar-refractivity contribution is 0.0732. The molecule has 1 aliphatic heterocycles. The lowest BCUT2D eigenvalue weighted by Gasteiger charge is -2.25. The molecule has 1 aromatic carbocycles. The Morgan fingerprint density at radius 1 is 1.48 bits per heavy atom. The summed E-state index contributed by atoms with van der Waals surface area (Å²) in [7, 11) is -2.43. The Labute approximate surface area is 136 Å². The van der Waals surface area contributed by atoms with Crippen molar-refractivity contribution < 1.29 is 17.9 Å². The minimum atomic E-state index is -3.87. The van der Waals surface area contributed by atoms with E-state index in [9.17, 15) is 13.2 Å². The summed E-state index contributed by atoms with van der Waals surface area (Å²) in [5.41, 5.74) is 0.224. The van der Waals surface area contributed by atoms with Gasteiger partial charge < -0.3 is 15.0 Å². The van der Waals surface area contributed by atoms with E-state index in [0.29, 0.717) is 12.3 Å². The van der Waals surface area contributed by atoms with Gasteiger partial charge in [-0.05, 0) is 37.6 Å². The van der Waals surface area contributed by atoms with Gasteiger partial charge in [0.1, 0.15) is 5.75 Å². The molecule has 1 aliphatic rings. The van der Waals surface area contributed by atoms with Gasteiger partial charge in [-0.2, -0.15) is 0 Å². The van der Waals surface area contributed by atoms with Crippen LogP contribution >= 0.6 is 0 Å². The first-order valence-corrected chi connectivity index (χ1v) is 9.15. The molecular formula is C15H23N3O4S. The van der Waals surface area contributed by atoms with Crippen molar-refractivity contribution in [1.29, 1.82) is 0 Å². The number of nitrogens with zero attached hydrogens (tertiary/aromatic N) is 1. The second kappa shape index (κ2) is 7.29. The molecule has 1 unspecified atom stereocenters. The number of likely N-dealkylation sites (N-methyl/N-ethyl adjacent to an activating group) is 1. The van der Waals surface area contributed by atoms with Gasteiger partial charge in [-0.3, -0.25) is 4.79 Å². The Hall–Kier alpha value is -1.64. The topological polar surface area (TPSA) is 102 Å². The highest BCUT2D eigenvalue weighted by molar-refractivity contribution is 7.89. The summed E-state index contributed by atoms with van der Waals surface area (Å²) in [6.07, 6.45) is 1.86. The second-order valence-electron chi connectivity index (χ2n) is 5.51. The fourth-order valence-corrected chi connectivity index (χ4v) is 3.35. The maximum atomic E-state index is 12.9. The normalized spacial score (nSPS) is 18.2. The van der Waals surface area contributed by atoms with Gasteiger partial charge in [0.05, 0.1) is 17.6 Å². The van der Waals surface area contributed by atoms with Crippen LogP contribution < -0.4 is 15.2 Å². The number of primary sulfonamides is 1. The lowest BCUT2D eigenvalue weighted by Crippen LogP contribution is -2.41. The third kappa shape index (κ3) is 4.01. The minimum Gasteiger partial charge on any atom is -0.496 e.